The fourth-order valence-corrected chi connectivity index (χ4v) is 2.98. The van der Waals surface area contributed by atoms with Crippen LogP contribution in [0.15, 0.2) is 22.7 Å². The van der Waals surface area contributed by atoms with Crippen LogP contribution in [0.1, 0.15) is 18.7 Å². The van der Waals surface area contributed by atoms with Crippen LogP contribution in [-0.2, 0) is 7.05 Å². The van der Waals surface area contributed by atoms with Crippen LogP contribution in [0.3, 0.4) is 0 Å². The predicted octanol–water partition coefficient (Wildman–Crippen LogP) is 2.97. The van der Waals surface area contributed by atoms with E-state index in [9.17, 15) is 0 Å². The Morgan fingerprint density at radius 1 is 1.44 bits per heavy atom. The normalized spacial score (nSPS) is 13.1. The molecule has 2 N–H and O–H groups in total. The summed E-state index contributed by atoms with van der Waals surface area (Å²) in [6.07, 6.45) is 0. The van der Waals surface area contributed by atoms with Gasteiger partial charge in [0.15, 0.2) is 0 Å². The van der Waals surface area contributed by atoms with Crippen molar-refractivity contribution in [3.05, 3.63) is 28.4 Å². The molecule has 2 aromatic rings. The van der Waals surface area contributed by atoms with Crippen LogP contribution in [0, 0.1) is 0 Å². The standard InChI is InChI=1S/C12H15BrN2O/c1-7(14)12-11(13)9-6-8(16-3)4-5-10(9)15(12)2/h4-7H,14H2,1-3H3. The van der Waals surface area contributed by atoms with Gasteiger partial charge < -0.3 is 15.0 Å². The molecule has 4 heteroatoms. The van der Waals surface area contributed by atoms with Crippen molar-refractivity contribution in [3.63, 3.8) is 0 Å². The smallest absolute Gasteiger partial charge is 0.119 e. The van der Waals surface area contributed by atoms with Gasteiger partial charge in [0.1, 0.15) is 5.75 Å². The molecule has 0 spiro atoms. The van der Waals surface area contributed by atoms with Crippen molar-refractivity contribution >= 4 is 26.8 Å². The molecule has 0 aliphatic rings. The Morgan fingerprint density at radius 3 is 2.69 bits per heavy atom. The van der Waals surface area contributed by atoms with Crippen LogP contribution >= 0.6 is 15.9 Å². The summed E-state index contributed by atoms with van der Waals surface area (Å²) < 4.78 is 8.39. The first-order chi connectivity index (χ1) is 7.56. The van der Waals surface area contributed by atoms with Gasteiger partial charge in [-0.3, -0.25) is 0 Å². The molecule has 0 saturated carbocycles. The van der Waals surface area contributed by atoms with E-state index in [2.05, 4.69) is 20.5 Å². The first kappa shape index (κ1) is 11.5. The Morgan fingerprint density at radius 2 is 2.12 bits per heavy atom. The quantitative estimate of drug-likeness (QED) is 0.920. The average molecular weight is 283 g/mol. The van der Waals surface area contributed by atoms with Gasteiger partial charge in [0.2, 0.25) is 0 Å². The minimum atomic E-state index is -0.00206. The van der Waals surface area contributed by atoms with Gasteiger partial charge in [-0.25, -0.2) is 0 Å². The number of aromatic nitrogens is 1. The monoisotopic (exact) mass is 282 g/mol. The number of rotatable bonds is 2. The summed E-state index contributed by atoms with van der Waals surface area (Å²) in [6.45, 7) is 1.98. The van der Waals surface area contributed by atoms with Gasteiger partial charge in [0.25, 0.3) is 0 Å². The number of halogens is 1. The first-order valence-corrected chi connectivity index (χ1v) is 5.93. The largest absolute Gasteiger partial charge is 0.497 e. The lowest BCUT2D eigenvalue weighted by atomic mass is 10.2. The topological polar surface area (TPSA) is 40.2 Å². The van der Waals surface area contributed by atoms with Crippen molar-refractivity contribution in [2.24, 2.45) is 12.8 Å². The molecule has 1 aromatic carbocycles. The lowest BCUT2D eigenvalue weighted by Crippen LogP contribution is -2.10. The molecule has 1 unspecified atom stereocenters. The minimum Gasteiger partial charge on any atom is -0.497 e. The molecule has 0 aliphatic carbocycles. The molecule has 16 heavy (non-hydrogen) atoms. The highest BCUT2D eigenvalue weighted by Gasteiger charge is 2.16. The second-order valence-electron chi connectivity index (χ2n) is 3.93. The summed E-state index contributed by atoms with van der Waals surface area (Å²) in [6, 6.07) is 6.02. The highest BCUT2D eigenvalue weighted by Crippen LogP contribution is 2.35. The van der Waals surface area contributed by atoms with Gasteiger partial charge in [0, 0.05) is 34.2 Å². The molecule has 0 fully saturated rings. The van der Waals surface area contributed by atoms with E-state index >= 15 is 0 Å². The first-order valence-electron chi connectivity index (χ1n) is 5.13. The summed E-state index contributed by atoms with van der Waals surface area (Å²) >= 11 is 3.61. The molecule has 1 atom stereocenters. The Bertz CT molecular complexity index is 531. The van der Waals surface area contributed by atoms with Gasteiger partial charge in [-0.1, -0.05) is 0 Å². The fraction of sp³-hybridized carbons (Fsp3) is 0.333. The van der Waals surface area contributed by atoms with Crippen LogP contribution in [0.2, 0.25) is 0 Å². The number of hydrogen-bond donors (Lipinski definition) is 1. The summed E-state index contributed by atoms with van der Waals surface area (Å²) in [5, 5.41) is 1.13. The SMILES string of the molecule is COc1ccc2c(c1)c(Br)c(C(C)N)n2C. The predicted molar refractivity (Wildman–Crippen MR) is 69.8 cm³/mol. The molecular formula is C12H15BrN2O. The molecule has 0 aliphatic heterocycles. The van der Waals surface area contributed by atoms with Crippen LogP contribution in [0.25, 0.3) is 10.9 Å². The number of ether oxygens (including phenoxy) is 1. The van der Waals surface area contributed by atoms with Crippen molar-refractivity contribution in [3.8, 4) is 5.75 Å². The number of methoxy groups -OCH3 is 1. The second kappa shape index (κ2) is 4.11. The van der Waals surface area contributed by atoms with Crippen LogP contribution < -0.4 is 10.5 Å². The van der Waals surface area contributed by atoms with Crippen molar-refractivity contribution in [2.75, 3.05) is 7.11 Å². The maximum absolute atomic E-state index is 5.97. The lowest BCUT2D eigenvalue weighted by Gasteiger charge is -2.08. The van der Waals surface area contributed by atoms with Crippen molar-refractivity contribution < 1.29 is 4.74 Å². The zero-order chi connectivity index (χ0) is 11.9. The number of benzene rings is 1. The number of fused-ring (bicyclic) bond motifs is 1. The van der Waals surface area contributed by atoms with Gasteiger partial charge in [-0.2, -0.15) is 0 Å². The average Bonchev–Trinajstić information content (AvgIpc) is 2.51. The van der Waals surface area contributed by atoms with Crippen LogP contribution in [-0.4, -0.2) is 11.7 Å². The number of hydrogen-bond acceptors (Lipinski definition) is 2. The van der Waals surface area contributed by atoms with E-state index in [-0.39, 0.29) is 6.04 Å². The van der Waals surface area contributed by atoms with E-state index in [1.54, 1.807) is 7.11 Å². The van der Waals surface area contributed by atoms with Gasteiger partial charge >= 0.3 is 0 Å². The summed E-state index contributed by atoms with van der Waals surface area (Å²) in [7, 11) is 3.70. The summed E-state index contributed by atoms with van der Waals surface area (Å²) in [4.78, 5) is 0. The highest BCUT2D eigenvalue weighted by molar-refractivity contribution is 9.10. The molecular weight excluding hydrogens is 268 g/mol. The Balaban J connectivity index is 2.77. The van der Waals surface area contributed by atoms with Crippen molar-refractivity contribution in [1.29, 1.82) is 0 Å². The van der Waals surface area contributed by atoms with Gasteiger partial charge in [-0.15, -0.1) is 0 Å². The van der Waals surface area contributed by atoms with Crippen LogP contribution in [0.5, 0.6) is 5.75 Å². The second-order valence-corrected chi connectivity index (χ2v) is 4.72. The molecule has 0 radical (unpaired) electrons. The van der Waals surface area contributed by atoms with E-state index in [0.717, 1.165) is 26.8 Å². The molecule has 1 heterocycles. The number of aryl methyl sites for hydroxylation is 1. The summed E-state index contributed by atoms with van der Waals surface area (Å²) in [5.41, 5.74) is 8.22. The van der Waals surface area contributed by atoms with Crippen LogP contribution in [0.4, 0.5) is 0 Å². The molecule has 0 bridgehead atoms. The molecule has 0 amide bonds. The van der Waals surface area contributed by atoms with E-state index in [1.165, 1.54) is 0 Å². The molecule has 0 saturated heterocycles. The number of nitrogens with zero attached hydrogens (tertiary/aromatic N) is 1. The lowest BCUT2D eigenvalue weighted by molar-refractivity contribution is 0.415. The Hall–Kier alpha value is -1.00. The zero-order valence-corrected chi connectivity index (χ0v) is 11.2. The minimum absolute atomic E-state index is 0.00206. The molecule has 2 rings (SSSR count). The third-order valence-electron chi connectivity index (χ3n) is 2.82. The summed E-state index contributed by atoms with van der Waals surface area (Å²) in [5.74, 6) is 0.857. The van der Waals surface area contributed by atoms with Crippen molar-refractivity contribution in [2.45, 2.75) is 13.0 Å². The third kappa shape index (κ3) is 1.62. The fourth-order valence-electron chi connectivity index (χ4n) is 2.03. The molecule has 3 nitrogen and oxygen atoms in total. The maximum atomic E-state index is 5.97. The van der Waals surface area contributed by atoms with E-state index < -0.39 is 0 Å². The van der Waals surface area contributed by atoms with Crippen molar-refractivity contribution in [1.82, 2.24) is 4.57 Å². The Labute approximate surface area is 103 Å². The molecule has 86 valence electrons. The highest BCUT2D eigenvalue weighted by atomic mass is 79.9. The van der Waals surface area contributed by atoms with Gasteiger partial charge in [-0.05, 0) is 41.1 Å². The maximum Gasteiger partial charge on any atom is 0.119 e. The zero-order valence-electron chi connectivity index (χ0n) is 9.62. The molecule has 1 aromatic heterocycles. The third-order valence-corrected chi connectivity index (χ3v) is 3.65. The van der Waals surface area contributed by atoms with Gasteiger partial charge in [0.05, 0.1) is 7.11 Å². The Kier molecular flexibility index (Phi) is 2.95. The van der Waals surface area contributed by atoms with E-state index in [1.807, 2.05) is 32.2 Å². The van der Waals surface area contributed by atoms with E-state index in [0.29, 0.717) is 0 Å². The van der Waals surface area contributed by atoms with E-state index in [4.69, 9.17) is 10.5 Å². The number of nitrogens with two attached hydrogens (primary N) is 1.